The third-order valence-electron chi connectivity index (χ3n) is 4.03. The van der Waals surface area contributed by atoms with Gasteiger partial charge in [0.05, 0.1) is 12.1 Å². The van der Waals surface area contributed by atoms with Crippen LogP contribution in [0.5, 0.6) is 17.4 Å². The predicted molar refractivity (Wildman–Crippen MR) is 91.5 cm³/mol. The molecule has 124 valence electrons. The SMILES string of the molecule is COc1cc(Oc2ncccc2C#N)cc(Cl)c1CN1CCCC1. The van der Waals surface area contributed by atoms with Crippen LogP contribution < -0.4 is 9.47 Å². The van der Waals surface area contributed by atoms with Crippen molar-refractivity contribution in [3.8, 4) is 23.4 Å². The van der Waals surface area contributed by atoms with Crippen molar-refractivity contribution in [2.24, 2.45) is 0 Å². The van der Waals surface area contributed by atoms with Gasteiger partial charge in [0.2, 0.25) is 5.88 Å². The summed E-state index contributed by atoms with van der Waals surface area (Å²) in [7, 11) is 1.62. The van der Waals surface area contributed by atoms with Crippen molar-refractivity contribution in [1.29, 1.82) is 5.26 Å². The van der Waals surface area contributed by atoms with Crippen LogP contribution in [-0.2, 0) is 6.54 Å². The largest absolute Gasteiger partial charge is 0.496 e. The highest BCUT2D eigenvalue weighted by Crippen LogP contribution is 2.35. The first kappa shape index (κ1) is 16.6. The van der Waals surface area contributed by atoms with Crippen LogP contribution in [0, 0.1) is 11.3 Å². The minimum atomic E-state index is 0.255. The molecule has 1 aliphatic rings. The molecule has 0 radical (unpaired) electrons. The number of hydrogen-bond donors (Lipinski definition) is 0. The van der Waals surface area contributed by atoms with E-state index < -0.39 is 0 Å². The van der Waals surface area contributed by atoms with Crippen LogP contribution in [0.1, 0.15) is 24.0 Å². The Bertz CT molecular complexity index is 767. The van der Waals surface area contributed by atoms with E-state index in [2.05, 4.69) is 16.0 Å². The first-order chi connectivity index (χ1) is 11.7. The molecule has 0 bridgehead atoms. The zero-order chi connectivity index (χ0) is 16.9. The quantitative estimate of drug-likeness (QED) is 0.821. The molecule has 1 aromatic carbocycles. The van der Waals surface area contributed by atoms with Gasteiger partial charge in [-0.15, -0.1) is 0 Å². The van der Waals surface area contributed by atoms with Crippen molar-refractivity contribution in [3.63, 3.8) is 0 Å². The highest BCUT2D eigenvalue weighted by atomic mass is 35.5. The standard InChI is InChI=1S/C18H18ClN3O2/c1-23-17-10-14(24-18-13(11-20)5-4-6-21-18)9-16(19)15(17)12-22-7-2-3-8-22/h4-6,9-10H,2-3,7-8,12H2,1H3. The Hall–Kier alpha value is -2.29. The number of rotatable bonds is 5. The molecule has 0 spiro atoms. The molecule has 2 aromatic rings. The Morgan fingerprint density at radius 1 is 1.33 bits per heavy atom. The normalized spacial score (nSPS) is 14.4. The Labute approximate surface area is 146 Å². The van der Waals surface area contributed by atoms with Crippen molar-refractivity contribution in [2.45, 2.75) is 19.4 Å². The van der Waals surface area contributed by atoms with Gasteiger partial charge in [-0.1, -0.05) is 11.6 Å². The van der Waals surface area contributed by atoms with E-state index in [1.54, 1.807) is 37.6 Å². The average molecular weight is 344 g/mol. The van der Waals surface area contributed by atoms with Crippen molar-refractivity contribution >= 4 is 11.6 Å². The van der Waals surface area contributed by atoms with Gasteiger partial charge in [-0.3, -0.25) is 4.90 Å². The smallest absolute Gasteiger partial charge is 0.237 e. The molecule has 1 saturated heterocycles. The topological polar surface area (TPSA) is 58.4 Å². The molecule has 0 atom stereocenters. The van der Waals surface area contributed by atoms with Crippen molar-refractivity contribution < 1.29 is 9.47 Å². The first-order valence-corrected chi connectivity index (χ1v) is 8.21. The molecule has 3 rings (SSSR count). The van der Waals surface area contributed by atoms with Gasteiger partial charge < -0.3 is 9.47 Å². The molecule has 24 heavy (non-hydrogen) atoms. The number of pyridine rings is 1. The van der Waals surface area contributed by atoms with Gasteiger partial charge in [-0.2, -0.15) is 5.26 Å². The zero-order valence-electron chi connectivity index (χ0n) is 13.5. The lowest BCUT2D eigenvalue weighted by Gasteiger charge is -2.19. The number of likely N-dealkylation sites (tertiary alicyclic amines) is 1. The van der Waals surface area contributed by atoms with Crippen LogP contribution in [0.4, 0.5) is 0 Å². The van der Waals surface area contributed by atoms with Crippen LogP contribution in [0.15, 0.2) is 30.5 Å². The molecule has 5 nitrogen and oxygen atoms in total. The number of aromatic nitrogens is 1. The van der Waals surface area contributed by atoms with Crippen LogP contribution in [-0.4, -0.2) is 30.1 Å². The van der Waals surface area contributed by atoms with E-state index in [4.69, 9.17) is 26.3 Å². The Morgan fingerprint density at radius 3 is 2.83 bits per heavy atom. The molecule has 1 aliphatic heterocycles. The number of halogens is 1. The summed E-state index contributed by atoms with van der Waals surface area (Å²) in [4.78, 5) is 6.46. The summed E-state index contributed by atoms with van der Waals surface area (Å²) in [6.45, 7) is 2.92. The lowest BCUT2D eigenvalue weighted by Crippen LogP contribution is -2.19. The van der Waals surface area contributed by atoms with E-state index in [1.165, 1.54) is 12.8 Å². The summed E-state index contributed by atoms with van der Waals surface area (Å²) < 4.78 is 11.2. The number of nitriles is 1. The molecule has 1 fully saturated rings. The van der Waals surface area contributed by atoms with Gasteiger partial charge in [0, 0.05) is 30.4 Å². The molecule has 0 amide bonds. The number of benzene rings is 1. The summed E-state index contributed by atoms with van der Waals surface area (Å²) >= 11 is 6.46. The minimum absolute atomic E-state index is 0.255. The maximum absolute atomic E-state index is 9.13. The summed E-state index contributed by atoms with van der Waals surface area (Å²) in [6.07, 6.45) is 4.02. The second-order valence-electron chi connectivity index (χ2n) is 5.64. The molecular formula is C18H18ClN3O2. The lowest BCUT2D eigenvalue weighted by molar-refractivity contribution is 0.320. The van der Waals surface area contributed by atoms with Crippen molar-refractivity contribution in [1.82, 2.24) is 9.88 Å². The summed E-state index contributed by atoms with van der Waals surface area (Å²) in [5.74, 6) is 1.43. The van der Waals surface area contributed by atoms with Gasteiger partial charge in [0.1, 0.15) is 23.1 Å². The van der Waals surface area contributed by atoms with E-state index in [9.17, 15) is 0 Å². The fourth-order valence-electron chi connectivity index (χ4n) is 2.82. The Balaban J connectivity index is 1.87. The number of methoxy groups -OCH3 is 1. The van der Waals surface area contributed by atoms with Crippen LogP contribution in [0.3, 0.4) is 0 Å². The maximum atomic E-state index is 9.13. The molecule has 0 saturated carbocycles. The second-order valence-corrected chi connectivity index (χ2v) is 6.05. The third-order valence-corrected chi connectivity index (χ3v) is 4.37. The molecule has 1 aromatic heterocycles. The summed E-state index contributed by atoms with van der Waals surface area (Å²) in [6, 6.07) is 8.93. The fourth-order valence-corrected chi connectivity index (χ4v) is 3.08. The zero-order valence-corrected chi connectivity index (χ0v) is 14.2. The third kappa shape index (κ3) is 3.61. The van der Waals surface area contributed by atoms with Crippen LogP contribution >= 0.6 is 11.6 Å². The number of nitrogens with zero attached hydrogens (tertiary/aromatic N) is 3. The highest BCUT2D eigenvalue weighted by Gasteiger charge is 2.18. The van der Waals surface area contributed by atoms with Crippen LogP contribution in [0.2, 0.25) is 5.02 Å². The van der Waals surface area contributed by atoms with Crippen LogP contribution in [0.25, 0.3) is 0 Å². The van der Waals surface area contributed by atoms with Gasteiger partial charge in [-0.05, 0) is 38.1 Å². The van der Waals surface area contributed by atoms with Crippen molar-refractivity contribution in [3.05, 3.63) is 46.6 Å². The van der Waals surface area contributed by atoms with Gasteiger partial charge in [0.15, 0.2) is 0 Å². The molecule has 0 aliphatic carbocycles. The van der Waals surface area contributed by atoms with Crippen molar-refractivity contribution in [2.75, 3.05) is 20.2 Å². The maximum Gasteiger partial charge on any atom is 0.237 e. The second kappa shape index (κ2) is 7.52. The highest BCUT2D eigenvalue weighted by molar-refractivity contribution is 6.31. The Morgan fingerprint density at radius 2 is 2.12 bits per heavy atom. The average Bonchev–Trinajstić information content (AvgIpc) is 3.10. The van der Waals surface area contributed by atoms with Gasteiger partial charge in [-0.25, -0.2) is 4.98 Å². The molecule has 6 heteroatoms. The molecule has 0 unspecified atom stereocenters. The first-order valence-electron chi connectivity index (χ1n) is 7.83. The number of hydrogen-bond acceptors (Lipinski definition) is 5. The molecule has 0 N–H and O–H groups in total. The Kier molecular flexibility index (Phi) is 5.19. The summed E-state index contributed by atoms with van der Waals surface area (Å²) in [5, 5.41) is 9.72. The van der Waals surface area contributed by atoms with Gasteiger partial charge >= 0.3 is 0 Å². The van der Waals surface area contributed by atoms with E-state index >= 15 is 0 Å². The predicted octanol–water partition coefficient (Wildman–Crippen LogP) is 4.00. The minimum Gasteiger partial charge on any atom is -0.496 e. The van der Waals surface area contributed by atoms with E-state index in [0.717, 1.165) is 25.2 Å². The van der Waals surface area contributed by atoms with Gasteiger partial charge in [0.25, 0.3) is 0 Å². The molecular weight excluding hydrogens is 326 g/mol. The summed E-state index contributed by atoms with van der Waals surface area (Å²) in [5.41, 5.74) is 1.32. The van der Waals surface area contributed by atoms with E-state index in [-0.39, 0.29) is 5.88 Å². The number of ether oxygens (including phenoxy) is 2. The lowest BCUT2D eigenvalue weighted by atomic mass is 10.1. The van der Waals surface area contributed by atoms with E-state index in [1.807, 2.05) is 0 Å². The fraction of sp³-hybridized carbons (Fsp3) is 0.333. The molecule has 2 heterocycles. The monoisotopic (exact) mass is 343 g/mol. The van der Waals surface area contributed by atoms with E-state index in [0.29, 0.717) is 22.1 Å².